The van der Waals surface area contributed by atoms with E-state index in [1.807, 2.05) is 55.4 Å². The first-order valence-corrected chi connectivity index (χ1v) is 58.9. The topological polar surface area (TPSA) is 478 Å². The Kier molecular flexibility index (Phi) is 93.9. The molecule has 0 heterocycles. The fourth-order valence-electron chi connectivity index (χ4n) is 20.0. The Morgan fingerprint density at radius 2 is 0.433 bits per heavy atom. The first-order valence-electron chi connectivity index (χ1n) is 58.9. The Labute approximate surface area is 911 Å². The van der Waals surface area contributed by atoms with Gasteiger partial charge in [0.2, 0.25) is 41.4 Å². The number of unbranched alkanes of at least 4 members (excludes halogenated alkanes) is 24. The summed E-state index contributed by atoms with van der Waals surface area (Å²) in [4.78, 5) is 225. The van der Waals surface area contributed by atoms with Crippen LogP contribution in [0.15, 0.2) is 24.3 Å². The molecule has 0 fully saturated rings. The van der Waals surface area contributed by atoms with E-state index in [1.54, 1.807) is 9.80 Å². The molecule has 0 saturated carbocycles. The number of carbonyl (C=O) groups is 16. The van der Waals surface area contributed by atoms with E-state index in [0.717, 1.165) is 96.3 Å². The van der Waals surface area contributed by atoms with Gasteiger partial charge in [0.1, 0.15) is 23.1 Å². The molecule has 0 spiro atoms. The zero-order valence-corrected chi connectivity index (χ0v) is 96.8. The number of hydrogen-bond acceptors (Lipinski definition) is 23. The van der Waals surface area contributed by atoms with Crippen LogP contribution in [0.3, 0.4) is 0 Å². The summed E-state index contributed by atoms with van der Waals surface area (Å²) in [5.41, 5.74) is 40.3. The van der Waals surface area contributed by atoms with E-state index in [4.69, 9.17) is 40.1 Å². The highest BCUT2D eigenvalue weighted by Crippen LogP contribution is 2.28. The average molecular weight is 2120 g/mol. The van der Waals surface area contributed by atoms with E-state index in [9.17, 15) is 76.7 Å². The molecule has 0 aliphatic rings. The molecule has 0 aliphatic heterocycles. The third-order valence-electron chi connectivity index (χ3n) is 27.5. The fourth-order valence-corrected chi connectivity index (χ4v) is 20.0. The molecular weight excluding hydrogens is 1890 g/mol. The molecule has 7 atom stereocenters. The minimum absolute atomic E-state index is 0. The first-order chi connectivity index (χ1) is 71.1. The number of nitrogens with zero attached hydrogens (tertiary/aromatic N) is 7. The van der Waals surface area contributed by atoms with E-state index in [2.05, 4.69) is 38.2 Å². The smallest absolute Gasteiger partial charge is 0.223 e. The lowest BCUT2D eigenvalue weighted by Gasteiger charge is -2.31. The number of allylic oxidation sites excluding steroid dienone is 4. The summed E-state index contributed by atoms with van der Waals surface area (Å²) in [6.07, 6.45) is 52.2. The summed E-state index contributed by atoms with van der Waals surface area (Å²) in [6, 6.07) is 0. The van der Waals surface area contributed by atoms with Crippen molar-refractivity contribution in [1.29, 1.82) is 0 Å². The van der Waals surface area contributed by atoms with Gasteiger partial charge in [0.05, 0.1) is 45.8 Å². The summed E-state index contributed by atoms with van der Waals surface area (Å²) in [5, 5.41) is 0. The number of ketones is 9. The summed E-state index contributed by atoms with van der Waals surface area (Å²) >= 11 is 0. The van der Waals surface area contributed by atoms with E-state index in [0.29, 0.717) is 123 Å². The van der Waals surface area contributed by atoms with Crippen molar-refractivity contribution in [1.82, 2.24) is 34.3 Å². The number of amides is 7. The van der Waals surface area contributed by atoms with Gasteiger partial charge in [-0.05, 0) is 260 Å². The van der Waals surface area contributed by atoms with Crippen molar-refractivity contribution >= 4 is 93.4 Å². The molecule has 0 aromatic carbocycles. The lowest BCUT2D eigenvalue weighted by Crippen LogP contribution is -2.43. The highest BCUT2D eigenvalue weighted by Gasteiger charge is 2.34. The molecule has 30 nitrogen and oxygen atoms in total. The van der Waals surface area contributed by atoms with Crippen LogP contribution in [0.5, 0.6) is 0 Å². The zero-order chi connectivity index (χ0) is 112. The second-order valence-corrected chi connectivity index (χ2v) is 44.9. The Balaban J connectivity index is -0.00000323. The summed E-state index contributed by atoms with van der Waals surface area (Å²) in [6.45, 7) is 29.3. The predicted molar refractivity (Wildman–Crippen MR) is 613 cm³/mol. The van der Waals surface area contributed by atoms with E-state index in [-0.39, 0.29) is 322 Å². The molecular formula is C120H224N14O16. The molecule has 870 valence electrons. The maximum atomic E-state index is 14.4. The number of Topliss-reactive ketones (excluding diaryl/α,β-unsaturated/α-hetero) is 9. The van der Waals surface area contributed by atoms with E-state index in [1.165, 1.54) is 155 Å². The molecule has 0 aliphatic carbocycles. The largest absolute Gasteiger partial charge is 0.335 e. The highest BCUT2D eigenvalue weighted by molar-refractivity contribution is 5.91. The highest BCUT2D eigenvalue weighted by atomic mass is 16.2. The SMILES string of the molecule is C.CCCCCCCC/C=C\CCCCCCCC(=O)C[C@@H](C)CN(CC(=O)C[C@@H](C)CN(CC(=O)C[C@@H](CC(C)C)CN(CC(=O)C[C@@H](CC(C)C)CN(CC(=O)C[C@@H](CC(C)C)CN(CC(C)=O)C(=O)CCCN)C(=O)CCCN)C(=O)CCCN)C(C)=O)C(C)=O.CCCCCCCC/C=C\CCCCCCCC(=O)C[C@@H](CCCCN)CN(CC(=O)C[C@@H](CCCCN)CN(CC(C)=O)C(=O)CCCN)C(=O)CCCN. The summed E-state index contributed by atoms with van der Waals surface area (Å²) in [7, 11) is 0. The van der Waals surface area contributed by atoms with Crippen LogP contribution in [0.1, 0.15) is 451 Å². The van der Waals surface area contributed by atoms with Crippen LogP contribution < -0.4 is 40.1 Å². The predicted octanol–water partition coefficient (Wildman–Crippen LogP) is 18.9. The second-order valence-electron chi connectivity index (χ2n) is 44.9. The Morgan fingerprint density at radius 3 is 0.687 bits per heavy atom. The number of rotatable bonds is 101. The number of carbonyl (C=O) groups excluding carboxylic acids is 16. The van der Waals surface area contributed by atoms with Crippen LogP contribution in [-0.2, 0) is 76.7 Å². The molecule has 0 radical (unpaired) electrons. The van der Waals surface area contributed by atoms with Crippen LogP contribution in [-0.4, -0.2) is 265 Å². The van der Waals surface area contributed by atoms with Crippen molar-refractivity contribution in [2.24, 2.45) is 99.3 Å². The standard InChI is InChI=1S/C74H134N8O11.C45H86N6O5.CH4/c1-13-14-15-16-17-18-19-20-21-22-23-24-25-26-27-31-67(86)41-59(8)46-78(62(11)84)52-68(87)42-60(9)47-79(63(12)85)53-69(88)43-65(39-57(4)5)50-81(73(92)33-29-36-76)55-71(90)45-66(40-58(6)7)51-82(74(93)34-30-37-77)54-70(89)44-64(38-56(2)3)49-80(48-61(10)83)72(91)32-28-35-75;1-3-4-5-6-7-8-9-10-11-12-13-14-15-16-17-26-42(53)33-40(24-18-20-29-46)37-51(45(56)28-23-32-49)38-43(54)34-41(25-19-21-30-47)36-50(35-39(2)52)44(55)27-22-31-48;/h20-21,56-60,64-66H,13-19,22-55,75-77H2,1-12H3;10-11,40-41H,3-9,12-38,46-49H2,1-2H3;1H4/b21-20-;11-10-;/t59-,60-,64-,65-,66-;40-,41-;/m11./s1. The monoisotopic (exact) mass is 2120 g/mol. The van der Waals surface area contributed by atoms with Crippen LogP contribution in [0.25, 0.3) is 0 Å². The molecule has 7 amide bonds. The van der Waals surface area contributed by atoms with E-state index >= 15 is 0 Å². The molecule has 0 unspecified atom stereocenters. The van der Waals surface area contributed by atoms with Crippen LogP contribution in [0.4, 0.5) is 0 Å². The molecule has 0 aromatic rings. The minimum Gasteiger partial charge on any atom is -0.335 e. The number of hydrogen-bond donors (Lipinski definition) is 7. The van der Waals surface area contributed by atoms with Gasteiger partial charge in [-0.2, -0.15) is 0 Å². The summed E-state index contributed by atoms with van der Waals surface area (Å²) < 4.78 is 0. The normalized spacial score (nSPS) is 12.9. The van der Waals surface area contributed by atoms with Gasteiger partial charge in [-0.3, -0.25) is 76.7 Å². The van der Waals surface area contributed by atoms with Crippen LogP contribution in [0, 0.1) is 59.2 Å². The van der Waals surface area contributed by atoms with E-state index < -0.39 is 0 Å². The molecule has 0 rings (SSSR count). The van der Waals surface area contributed by atoms with Gasteiger partial charge in [0.15, 0.2) is 28.9 Å². The minimum atomic E-state index is -0.371. The quantitative estimate of drug-likeness (QED) is 0.0220. The van der Waals surface area contributed by atoms with Gasteiger partial charge in [-0.25, -0.2) is 0 Å². The maximum Gasteiger partial charge on any atom is 0.223 e. The molecule has 0 aromatic heterocycles. The Hall–Kier alpha value is -7.48. The van der Waals surface area contributed by atoms with Gasteiger partial charge in [0, 0.05) is 150 Å². The summed E-state index contributed by atoms with van der Waals surface area (Å²) in [5.74, 6) is -3.81. The molecule has 0 saturated heterocycles. The molecule has 150 heavy (non-hydrogen) atoms. The maximum absolute atomic E-state index is 14.4. The van der Waals surface area contributed by atoms with Crippen molar-refractivity contribution in [2.75, 3.05) is 137 Å². The fraction of sp³-hybridized carbons (Fsp3) is 0.833. The van der Waals surface area contributed by atoms with Crippen LogP contribution >= 0.6 is 0 Å². The van der Waals surface area contributed by atoms with Crippen molar-refractivity contribution in [3.8, 4) is 0 Å². The van der Waals surface area contributed by atoms with Gasteiger partial charge in [-0.15, -0.1) is 0 Å². The molecule has 0 bridgehead atoms. The van der Waals surface area contributed by atoms with Crippen molar-refractivity contribution in [3.05, 3.63) is 24.3 Å². The zero-order valence-electron chi connectivity index (χ0n) is 96.8. The van der Waals surface area contributed by atoms with Crippen LogP contribution in [0.2, 0.25) is 0 Å². The average Bonchev–Trinajstić information content (AvgIpc) is 0.874. The number of nitrogens with two attached hydrogens (primary N) is 7. The lowest BCUT2D eigenvalue weighted by molar-refractivity contribution is -0.138. The van der Waals surface area contributed by atoms with Gasteiger partial charge in [0.25, 0.3) is 0 Å². The Bertz CT molecular complexity index is 3710. The third kappa shape index (κ3) is 83.9. The molecule has 14 N–H and O–H groups in total. The third-order valence-corrected chi connectivity index (χ3v) is 27.5. The lowest BCUT2D eigenvalue weighted by atomic mass is 9.89. The Morgan fingerprint density at radius 1 is 0.220 bits per heavy atom. The van der Waals surface area contributed by atoms with Crippen molar-refractivity contribution < 1.29 is 76.7 Å². The first kappa shape index (κ1) is 147. The van der Waals surface area contributed by atoms with Gasteiger partial charge in [-0.1, -0.05) is 217 Å². The second kappa shape index (κ2) is 96.1. The van der Waals surface area contributed by atoms with Gasteiger partial charge < -0.3 is 74.4 Å². The molecule has 30 heteroatoms. The van der Waals surface area contributed by atoms with Gasteiger partial charge >= 0.3 is 0 Å². The van der Waals surface area contributed by atoms with Crippen molar-refractivity contribution in [2.45, 2.75) is 451 Å². The van der Waals surface area contributed by atoms with Crippen molar-refractivity contribution in [3.63, 3.8) is 0 Å².